The third-order valence-electron chi connectivity index (χ3n) is 4.17. The number of rotatable bonds is 4. The van der Waals surface area contributed by atoms with Crippen molar-refractivity contribution in [1.82, 2.24) is 29.1 Å². The summed E-state index contributed by atoms with van der Waals surface area (Å²) in [7, 11) is 1.68. The van der Waals surface area contributed by atoms with Gasteiger partial charge in [0.1, 0.15) is 22.8 Å². The maximum absolute atomic E-state index is 12.0. The van der Waals surface area contributed by atoms with Crippen LogP contribution in [0.15, 0.2) is 29.1 Å². The predicted molar refractivity (Wildman–Crippen MR) is 98.5 cm³/mol. The predicted octanol–water partition coefficient (Wildman–Crippen LogP) is 2.32. The van der Waals surface area contributed by atoms with Crippen LogP contribution in [0, 0.1) is 0 Å². The third kappa shape index (κ3) is 2.45. The fourth-order valence-corrected chi connectivity index (χ4v) is 3.02. The number of benzene rings is 1. The van der Waals surface area contributed by atoms with Gasteiger partial charge in [-0.15, -0.1) is 0 Å². The van der Waals surface area contributed by atoms with Gasteiger partial charge >= 0.3 is 5.69 Å². The first-order chi connectivity index (χ1) is 12.5. The lowest BCUT2D eigenvalue weighted by Crippen LogP contribution is -2.17. The van der Waals surface area contributed by atoms with Crippen molar-refractivity contribution in [3.05, 3.63) is 40.6 Å². The number of nitrogens with zero attached hydrogens (tertiary/aromatic N) is 5. The van der Waals surface area contributed by atoms with Crippen molar-refractivity contribution < 1.29 is 4.74 Å². The first-order valence-electron chi connectivity index (χ1n) is 8.60. The van der Waals surface area contributed by atoms with Crippen LogP contribution in [-0.2, 0) is 13.5 Å². The van der Waals surface area contributed by atoms with Gasteiger partial charge in [-0.2, -0.15) is 4.98 Å². The lowest BCUT2D eigenvalue weighted by Gasteiger charge is -2.14. The number of aryl methyl sites for hydroxylation is 2. The summed E-state index contributed by atoms with van der Waals surface area (Å²) in [5.74, 6) is 1.87. The summed E-state index contributed by atoms with van der Waals surface area (Å²) in [4.78, 5) is 28.5. The maximum atomic E-state index is 12.0. The van der Waals surface area contributed by atoms with Gasteiger partial charge in [-0.3, -0.25) is 4.98 Å². The molecule has 4 rings (SSSR count). The molecule has 0 aliphatic carbocycles. The Bertz CT molecular complexity index is 1170. The third-order valence-corrected chi connectivity index (χ3v) is 4.17. The van der Waals surface area contributed by atoms with Crippen molar-refractivity contribution in [1.29, 1.82) is 0 Å². The Labute approximate surface area is 149 Å². The second kappa shape index (κ2) is 5.98. The molecular weight excluding hydrogens is 332 g/mol. The maximum Gasteiger partial charge on any atom is 0.343 e. The van der Waals surface area contributed by atoms with Gasteiger partial charge in [-0.1, -0.05) is 19.1 Å². The SMILES string of the molecule is CCc1nc(-c2ccccc2OC(C)C)c2c(n1)nc1[nH]c(=O)n(C)n12. The molecule has 0 bridgehead atoms. The number of hydrogen-bond acceptors (Lipinski definition) is 5. The fraction of sp³-hybridized carbons (Fsp3) is 0.333. The lowest BCUT2D eigenvalue weighted by atomic mass is 10.1. The van der Waals surface area contributed by atoms with E-state index in [9.17, 15) is 4.79 Å². The van der Waals surface area contributed by atoms with Crippen molar-refractivity contribution in [3.63, 3.8) is 0 Å². The van der Waals surface area contributed by atoms with Crippen molar-refractivity contribution in [3.8, 4) is 17.0 Å². The summed E-state index contributed by atoms with van der Waals surface area (Å²) < 4.78 is 9.15. The second-order valence-electron chi connectivity index (χ2n) is 6.38. The van der Waals surface area contributed by atoms with Crippen LogP contribution >= 0.6 is 0 Å². The molecule has 8 heteroatoms. The molecule has 134 valence electrons. The normalized spacial score (nSPS) is 11.7. The van der Waals surface area contributed by atoms with E-state index in [-0.39, 0.29) is 11.8 Å². The van der Waals surface area contributed by atoms with E-state index in [4.69, 9.17) is 9.72 Å². The van der Waals surface area contributed by atoms with Gasteiger partial charge in [0, 0.05) is 19.0 Å². The Hall–Kier alpha value is -3.16. The minimum Gasteiger partial charge on any atom is -0.490 e. The smallest absolute Gasteiger partial charge is 0.343 e. The van der Waals surface area contributed by atoms with E-state index >= 15 is 0 Å². The quantitative estimate of drug-likeness (QED) is 0.609. The van der Waals surface area contributed by atoms with Crippen LogP contribution in [0.2, 0.25) is 0 Å². The van der Waals surface area contributed by atoms with E-state index in [0.29, 0.717) is 34.9 Å². The Morgan fingerprint density at radius 3 is 2.69 bits per heavy atom. The summed E-state index contributed by atoms with van der Waals surface area (Å²) >= 11 is 0. The van der Waals surface area contributed by atoms with E-state index in [1.807, 2.05) is 45.0 Å². The van der Waals surface area contributed by atoms with Crippen LogP contribution in [0.25, 0.3) is 28.2 Å². The molecule has 0 saturated carbocycles. The second-order valence-corrected chi connectivity index (χ2v) is 6.38. The molecule has 1 N–H and O–H groups in total. The van der Waals surface area contributed by atoms with Crippen LogP contribution in [0.3, 0.4) is 0 Å². The minimum atomic E-state index is -0.244. The molecule has 1 aromatic carbocycles. The zero-order chi connectivity index (χ0) is 18.4. The lowest BCUT2D eigenvalue weighted by molar-refractivity contribution is 0.243. The van der Waals surface area contributed by atoms with E-state index < -0.39 is 0 Å². The van der Waals surface area contributed by atoms with Gasteiger partial charge in [-0.05, 0) is 26.0 Å². The number of ether oxygens (including phenoxy) is 1. The highest BCUT2D eigenvalue weighted by Gasteiger charge is 2.21. The molecule has 3 aromatic heterocycles. The average Bonchev–Trinajstić information content (AvgIpc) is 3.10. The van der Waals surface area contributed by atoms with Crippen molar-refractivity contribution in [2.45, 2.75) is 33.3 Å². The summed E-state index contributed by atoms with van der Waals surface area (Å²) in [6.45, 7) is 5.96. The first kappa shape index (κ1) is 16.3. The highest BCUT2D eigenvalue weighted by atomic mass is 16.5. The summed E-state index contributed by atoms with van der Waals surface area (Å²) in [5.41, 5.74) is 2.53. The van der Waals surface area contributed by atoms with Gasteiger partial charge in [0.2, 0.25) is 5.78 Å². The number of nitrogens with one attached hydrogen (secondary N) is 1. The van der Waals surface area contributed by atoms with Crippen LogP contribution in [0.4, 0.5) is 0 Å². The molecule has 4 aromatic rings. The van der Waals surface area contributed by atoms with E-state index in [0.717, 1.165) is 11.3 Å². The molecule has 0 unspecified atom stereocenters. The molecule has 0 spiro atoms. The standard InChI is InChI=1S/C18H20N6O2/c1-5-13-19-14(11-8-6-7-9-12(11)26-10(2)3)15-16(20-13)21-17-22-18(25)23(4)24(15)17/h6-10H,5H2,1-4H3,(H,19,20,21,22,25). The molecular formula is C18H20N6O2. The fourth-order valence-electron chi connectivity index (χ4n) is 3.02. The monoisotopic (exact) mass is 352 g/mol. The summed E-state index contributed by atoms with van der Waals surface area (Å²) in [6, 6.07) is 7.75. The van der Waals surface area contributed by atoms with Gasteiger partial charge in [0.15, 0.2) is 5.65 Å². The van der Waals surface area contributed by atoms with Crippen LogP contribution in [-0.4, -0.2) is 35.2 Å². The molecule has 0 radical (unpaired) electrons. The van der Waals surface area contributed by atoms with Gasteiger partial charge in [0.25, 0.3) is 0 Å². The molecule has 0 atom stereocenters. The van der Waals surface area contributed by atoms with E-state index in [1.165, 1.54) is 4.68 Å². The molecule has 26 heavy (non-hydrogen) atoms. The highest BCUT2D eigenvalue weighted by molar-refractivity contribution is 5.91. The van der Waals surface area contributed by atoms with Crippen molar-refractivity contribution in [2.75, 3.05) is 0 Å². The Morgan fingerprint density at radius 2 is 1.96 bits per heavy atom. The number of aromatic amines is 1. The Morgan fingerprint density at radius 1 is 1.19 bits per heavy atom. The summed E-state index contributed by atoms with van der Waals surface area (Å²) in [6.07, 6.45) is 0.710. The minimum absolute atomic E-state index is 0.0289. The number of aromatic nitrogens is 6. The molecule has 0 aliphatic rings. The van der Waals surface area contributed by atoms with Crippen LogP contribution in [0.1, 0.15) is 26.6 Å². The van der Waals surface area contributed by atoms with E-state index in [2.05, 4.69) is 15.0 Å². The molecule has 8 nitrogen and oxygen atoms in total. The summed E-state index contributed by atoms with van der Waals surface area (Å²) in [5, 5.41) is 0. The zero-order valence-electron chi connectivity index (χ0n) is 15.1. The topological polar surface area (TPSA) is 90.1 Å². The molecule has 0 fully saturated rings. The number of fused-ring (bicyclic) bond motifs is 3. The molecule has 0 amide bonds. The highest BCUT2D eigenvalue weighted by Crippen LogP contribution is 2.33. The Kier molecular flexibility index (Phi) is 3.75. The number of para-hydroxylation sites is 1. The number of imidazole rings is 1. The molecule has 3 heterocycles. The average molecular weight is 352 g/mol. The van der Waals surface area contributed by atoms with Crippen LogP contribution in [0.5, 0.6) is 5.75 Å². The zero-order valence-corrected chi connectivity index (χ0v) is 15.1. The van der Waals surface area contributed by atoms with E-state index in [1.54, 1.807) is 11.6 Å². The van der Waals surface area contributed by atoms with Crippen LogP contribution < -0.4 is 10.4 Å². The van der Waals surface area contributed by atoms with Gasteiger partial charge in [-0.25, -0.2) is 24.0 Å². The largest absolute Gasteiger partial charge is 0.490 e. The van der Waals surface area contributed by atoms with Crippen molar-refractivity contribution >= 4 is 16.9 Å². The molecule has 0 saturated heterocycles. The number of H-pyrrole nitrogens is 1. The Balaban J connectivity index is 2.12. The number of hydrogen-bond donors (Lipinski definition) is 1. The van der Waals surface area contributed by atoms with Gasteiger partial charge in [0.05, 0.1) is 6.10 Å². The first-order valence-corrected chi connectivity index (χ1v) is 8.60. The van der Waals surface area contributed by atoms with Crippen molar-refractivity contribution in [2.24, 2.45) is 7.05 Å². The van der Waals surface area contributed by atoms with Gasteiger partial charge < -0.3 is 4.74 Å². The molecule has 0 aliphatic heterocycles.